The van der Waals surface area contributed by atoms with E-state index in [0.717, 1.165) is 16.7 Å². The number of esters is 2. The third-order valence-electron chi connectivity index (χ3n) is 5.84. The molecule has 0 bridgehead atoms. The summed E-state index contributed by atoms with van der Waals surface area (Å²) in [7, 11) is 4.35. The Bertz CT molecular complexity index is 1510. The molecule has 0 fully saturated rings. The van der Waals surface area contributed by atoms with E-state index in [2.05, 4.69) is 59.0 Å². The maximum absolute atomic E-state index is 12.8. The summed E-state index contributed by atoms with van der Waals surface area (Å²) in [6.07, 6.45) is 0. The molecule has 196 valence electrons. The van der Waals surface area contributed by atoms with Crippen molar-refractivity contribution in [3.63, 3.8) is 0 Å². The van der Waals surface area contributed by atoms with Crippen molar-refractivity contribution in [2.24, 2.45) is 7.05 Å². The van der Waals surface area contributed by atoms with Crippen LogP contribution in [0.2, 0.25) is 0 Å². The zero-order valence-corrected chi connectivity index (χ0v) is 23.2. The molecule has 0 radical (unpaired) electrons. The first-order valence-corrected chi connectivity index (χ1v) is 13.4. The summed E-state index contributed by atoms with van der Waals surface area (Å²) >= 11 is 2.86. The van der Waals surface area contributed by atoms with Crippen LogP contribution < -0.4 is 5.32 Å². The van der Waals surface area contributed by atoms with Gasteiger partial charge in [-0.15, -0.1) is 21.5 Å². The van der Waals surface area contributed by atoms with Crippen molar-refractivity contribution in [2.75, 3.05) is 25.3 Å². The second-order valence-electron chi connectivity index (χ2n) is 8.39. The van der Waals surface area contributed by atoms with E-state index < -0.39 is 17.8 Å². The largest absolute Gasteiger partial charge is 0.465 e. The fourth-order valence-corrected chi connectivity index (χ4v) is 5.44. The smallest absolute Gasteiger partial charge is 0.339 e. The third kappa shape index (κ3) is 5.63. The van der Waals surface area contributed by atoms with Crippen LogP contribution in [-0.2, 0) is 21.3 Å². The number of rotatable bonds is 8. The highest BCUT2D eigenvalue weighted by atomic mass is 32.2. The minimum Gasteiger partial charge on any atom is -0.465 e. The van der Waals surface area contributed by atoms with Gasteiger partial charge in [-0.05, 0) is 37.6 Å². The average Bonchev–Trinajstić information content (AvgIpc) is 3.48. The first-order chi connectivity index (χ1) is 18.2. The number of thiophene rings is 1. The van der Waals surface area contributed by atoms with E-state index in [1.54, 1.807) is 11.3 Å². The number of methoxy groups -OCH3 is 2. The molecule has 38 heavy (non-hydrogen) atoms. The first-order valence-electron chi connectivity index (χ1n) is 11.5. The summed E-state index contributed by atoms with van der Waals surface area (Å²) in [4.78, 5) is 38.1. The molecule has 1 N–H and O–H groups in total. The van der Waals surface area contributed by atoms with Gasteiger partial charge in [-0.25, -0.2) is 9.59 Å². The Balaban J connectivity index is 1.52. The quantitative estimate of drug-likeness (QED) is 0.237. The fraction of sp³-hybridized carbons (Fsp3) is 0.222. The monoisotopic (exact) mass is 550 g/mol. The molecule has 2 aromatic heterocycles. The van der Waals surface area contributed by atoms with Crippen molar-refractivity contribution in [1.82, 2.24) is 14.8 Å². The van der Waals surface area contributed by atoms with Gasteiger partial charge in [0, 0.05) is 28.4 Å². The van der Waals surface area contributed by atoms with E-state index in [4.69, 9.17) is 9.47 Å². The lowest BCUT2D eigenvalue weighted by Gasteiger charge is -2.11. The number of aryl methyl sites for hydroxylation is 2. The molecule has 0 aliphatic rings. The van der Waals surface area contributed by atoms with Gasteiger partial charge in [0.05, 0.1) is 36.8 Å². The number of hydrogen-bond donors (Lipinski definition) is 1. The van der Waals surface area contributed by atoms with Crippen molar-refractivity contribution >= 4 is 46.6 Å². The number of ether oxygens (including phenoxy) is 2. The van der Waals surface area contributed by atoms with Crippen LogP contribution >= 0.6 is 23.1 Å². The zero-order valence-electron chi connectivity index (χ0n) is 21.5. The predicted molar refractivity (Wildman–Crippen MR) is 148 cm³/mol. The van der Waals surface area contributed by atoms with Crippen LogP contribution in [0.1, 0.15) is 31.2 Å². The summed E-state index contributed by atoms with van der Waals surface area (Å²) in [5.41, 5.74) is 4.85. The summed E-state index contributed by atoms with van der Waals surface area (Å²) < 4.78 is 11.4. The zero-order chi connectivity index (χ0) is 27.4. The maximum atomic E-state index is 12.8. The van der Waals surface area contributed by atoms with Crippen molar-refractivity contribution in [3.05, 3.63) is 69.4 Å². The Morgan fingerprint density at radius 2 is 1.71 bits per heavy atom. The van der Waals surface area contributed by atoms with Crippen LogP contribution in [-0.4, -0.2) is 52.6 Å². The normalized spacial score (nSPS) is 10.8. The van der Waals surface area contributed by atoms with Gasteiger partial charge in [-0.2, -0.15) is 0 Å². The SMILES string of the molecule is COC(=O)c1ccc(C(=O)OC)c(NC(=O)CSc2nnc(-c3csc(C)c3-c3ccc(C)cc3)n2C)c1. The van der Waals surface area contributed by atoms with Crippen molar-refractivity contribution < 1.29 is 23.9 Å². The Hall–Kier alpha value is -3.96. The molecule has 2 heterocycles. The number of nitrogens with zero attached hydrogens (tertiary/aromatic N) is 3. The number of hydrogen-bond acceptors (Lipinski definition) is 9. The third-order valence-corrected chi connectivity index (χ3v) is 7.77. The van der Waals surface area contributed by atoms with E-state index in [9.17, 15) is 14.4 Å². The lowest BCUT2D eigenvalue weighted by molar-refractivity contribution is -0.113. The van der Waals surface area contributed by atoms with Crippen LogP contribution in [0.4, 0.5) is 5.69 Å². The lowest BCUT2D eigenvalue weighted by Crippen LogP contribution is -2.18. The van der Waals surface area contributed by atoms with Gasteiger partial charge in [-0.3, -0.25) is 4.79 Å². The molecule has 2 aromatic carbocycles. The molecule has 0 unspecified atom stereocenters. The number of thioether (sulfide) groups is 1. The van der Waals surface area contributed by atoms with Gasteiger partial charge >= 0.3 is 11.9 Å². The molecule has 0 aliphatic carbocycles. The van der Waals surface area contributed by atoms with Crippen LogP contribution in [0, 0.1) is 13.8 Å². The van der Waals surface area contributed by atoms with E-state index in [1.165, 1.54) is 54.6 Å². The van der Waals surface area contributed by atoms with Gasteiger partial charge in [0.25, 0.3) is 0 Å². The molecule has 0 saturated heterocycles. The van der Waals surface area contributed by atoms with E-state index in [-0.39, 0.29) is 22.6 Å². The molecule has 11 heteroatoms. The summed E-state index contributed by atoms with van der Waals surface area (Å²) in [5, 5.41) is 14.0. The van der Waals surface area contributed by atoms with Crippen molar-refractivity contribution in [3.8, 4) is 22.5 Å². The minimum atomic E-state index is -0.641. The molecule has 0 atom stereocenters. The Morgan fingerprint density at radius 1 is 1.00 bits per heavy atom. The second kappa shape index (κ2) is 11.6. The maximum Gasteiger partial charge on any atom is 0.339 e. The predicted octanol–water partition coefficient (Wildman–Crippen LogP) is 5.13. The Morgan fingerprint density at radius 3 is 2.39 bits per heavy atom. The number of aromatic nitrogens is 3. The minimum absolute atomic E-state index is 0.00250. The molecule has 9 nitrogen and oxygen atoms in total. The van der Waals surface area contributed by atoms with Gasteiger partial charge in [0.2, 0.25) is 5.91 Å². The summed E-state index contributed by atoms with van der Waals surface area (Å²) in [6, 6.07) is 12.6. The highest BCUT2D eigenvalue weighted by Crippen LogP contribution is 2.39. The van der Waals surface area contributed by atoms with E-state index in [0.29, 0.717) is 11.0 Å². The fourth-order valence-electron chi connectivity index (χ4n) is 3.87. The van der Waals surface area contributed by atoms with Gasteiger partial charge in [0.1, 0.15) is 0 Å². The lowest BCUT2D eigenvalue weighted by atomic mass is 10.0. The van der Waals surface area contributed by atoms with Crippen LogP contribution in [0.25, 0.3) is 22.5 Å². The number of benzene rings is 2. The molecule has 4 aromatic rings. The highest BCUT2D eigenvalue weighted by molar-refractivity contribution is 7.99. The Kier molecular flexibility index (Phi) is 8.28. The summed E-state index contributed by atoms with van der Waals surface area (Å²) in [5.74, 6) is -0.919. The number of carbonyl (C=O) groups is 3. The standard InChI is InChI=1S/C27H26N4O5S2/c1-15-6-8-17(9-7-15)23-16(2)37-13-20(23)24-29-30-27(31(24)3)38-14-22(32)28-21-12-18(25(33)35-4)10-11-19(21)26(34)36-5/h6-13H,14H2,1-5H3,(H,28,32). The van der Waals surface area contributed by atoms with Crippen molar-refractivity contribution in [1.29, 1.82) is 0 Å². The first kappa shape index (κ1) is 27.1. The van der Waals surface area contributed by atoms with Crippen LogP contribution in [0.5, 0.6) is 0 Å². The van der Waals surface area contributed by atoms with E-state index in [1.807, 2.05) is 11.6 Å². The Labute approximate surface area is 228 Å². The summed E-state index contributed by atoms with van der Waals surface area (Å²) in [6.45, 7) is 4.14. The van der Waals surface area contributed by atoms with Crippen LogP contribution in [0.3, 0.4) is 0 Å². The molecule has 0 saturated carbocycles. The molecular weight excluding hydrogens is 524 g/mol. The number of anilines is 1. The topological polar surface area (TPSA) is 112 Å². The number of nitrogens with one attached hydrogen (secondary N) is 1. The van der Waals surface area contributed by atoms with Crippen LogP contribution in [0.15, 0.2) is 53.0 Å². The number of amides is 1. The number of carbonyl (C=O) groups excluding carboxylic acids is 3. The average molecular weight is 551 g/mol. The van der Waals surface area contributed by atoms with Gasteiger partial charge in [0.15, 0.2) is 11.0 Å². The van der Waals surface area contributed by atoms with Gasteiger partial charge < -0.3 is 19.4 Å². The highest BCUT2D eigenvalue weighted by Gasteiger charge is 2.21. The molecule has 0 aliphatic heterocycles. The van der Waals surface area contributed by atoms with Crippen molar-refractivity contribution in [2.45, 2.75) is 19.0 Å². The molecule has 0 spiro atoms. The molecule has 1 amide bonds. The molecular formula is C27H26N4O5S2. The van der Waals surface area contributed by atoms with Gasteiger partial charge in [-0.1, -0.05) is 41.6 Å². The molecule has 4 rings (SSSR count). The van der Waals surface area contributed by atoms with E-state index >= 15 is 0 Å². The second-order valence-corrected chi connectivity index (χ2v) is 10.4.